The summed E-state index contributed by atoms with van der Waals surface area (Å²) in [6, 6.07) is 3.61. The Balaban J connectivity index is 1.78. The maximum atomic E-state index is 11.3. The monoisotopic (exact) mass is 301 g/mol. The smallest absolute Gasteiger partial charge is 0.226 e. The Labute approximate surface area is 128 Å². The fourth-order valence-corrected chi connectivity index (χ4v) is 2.68. The Morgan fingerprint density at radius 3 is 2.95 bits per heavy atom. The molecule has 0 amide bonds. The predicted octanol–water partition coefficient (Wildman–Crippen LogP) is 2.65. The summed E-state index contributed by atoms with van der Waals surface area (Å²) in [6.45, 7) is 1.45. The zero-order valence-corrected chi connectivity index (χ0v) is 12.5. The van der Waals surface area contributed by atoms with E-state index in [1.165, 1.54) is 13.2 Å². The number of oxazole rings is 1. The first-order chi connectivity index (χ1) is 10.6. The number of carbonyl (C=O) groups is 1. The van der Waals surface area contributed by atoms with E-state index in [-0.39, 0.29) is 17.9 Å². The second-order valence-electron chi connectivity index (χ2n) is 5.63. The normalized spacial score (nSPS) is 21.5. The van der Waals surface area contributed by atoms with Crippen molar-refractivity contribution in [2.45, 2.75) is 44.8 Å². The summed E-state index contributed by atoms with van der Waals surface area (Å²) in [4.78, 5) is 19.7. The van der Waals surface area contributed by atoms with Gasteiger partial charge in [0.25, 0.3) is 0 Å². The van der Waals surface area contributed by atoms with Gasteiger partial charge in [-0.25, -0.2) is 9.97 Å². The molecule has 0 aromatic carbocycles. The van der Waals surface area contributed by atoms with Crippen molar-refractivity contribution >= 4 is 11.6 Å². The number of Topliss-reactive ketones (excluding diaryl/α,β-unsaturated/α-hetero) is 1. The van der Waals surface area contributed by atoms with Crippen molar-refractivity contribution < 1.29 is 14.3 Å². The van der Waals surface area contributed by atoms with Crippen molar-refractivity contribution in [3.63, 3.8) is 0 Å². The van der Waals surface area contributed by atoms with Crippen molar-refractivity contribution in [1.29, 1.82) is 0 Å². The molecule has 0 radical (unpaired) electrons. The fourth-order valence-electron chi connectivity index (χ4n) is 2.68. The van der Waals surface area contributed by atoms with Crippen molar-refractivity contribution in [2.75, 3.05) is 5.32 Å². The molecule has 3 rings (SSSR count). The van der Waals surface area contributed by atoms with Gasteiger partial charge in [0.1, 0.15) is 17.8 Å². The number of nitrogens with zero attached hydrogens (tertiary/aromatic N) is 2. The molecule has 1 fully saturated rings. The number of anilines is 1. The third-order valence-electron chi connectivity index (χ3n) is 3.93. The van der Waals surface area contributed by atoms with Crippen LogP contribution in [-0.2, 0) is 0 Å². The molecular weight excluding hydrogens is 282 g/mol. The molecule has 2 aromatic heterocycles. The number of pyridine rings is 1. The van der Waals surface area contributed by atoms with Crippen LogP contribution >= 0.6 is 0 Å². The summed E-state index contributed by atoms with van der Waals surface area (Å²) in [5, 5.41) is 13.3. The van der Waals surface area contributed by atoms with Crippen LogP contribution in [-0.4, -0.2) is 33.0 Å². The molecule has 116 valence electrons. The third-order valence-corrected chi connectivity index (χ3v) is 3.93. The maximum Gasteiger partial charge on any atom is 0.226 e. The number of rotatable bonds is 4. The van der Waals surface area contributed by atoms with Gasteiger partial charge in [-0.3, -0.25) is 4.79 Å². The minimum Gasteiger partial charge on any atom is -0.444 e. The molecular formula is C16H19N3O3. The van der Waals surface area contributed by atoms with Crippen LogP contribution < -0.4 is 5.32 Å². The summed E-state index contributed by atoms with van der Waals surface area (Å²) in [5.41, 5.74) is 1.05. The Morgan fingerprint density at radius 1 is 1.41 bits per heavy atom. The average molecular weight is 301 g/mol. The van der Waals surface area contributed by atoms with Crippen LogP contribution in [0.1, 0.15) is 43.1 Å². The van der Waals surface area contributed by atoms with Gasteiger partial charge in [-0.1, -0.05) is 12.8 Å². The SMILES string of the molecule is CC(=O)c1coc(-c2ccnc(N[C@H]3CCCC[C@@H]3O)c2)n1. The number of aliphatic hydroxyl groups is 1. The minimum atomic E-state index is -0.342. The maximum absolute atomic E-state index is 11.3. The summed E-state index contributed by atoms with van der Waals surface area (Å²) in [7, 11) is 0. The van der Waals surface area contributed by atoms with Gasteiger partial charge in [0.05, 0.1) is 12.1 Å². The van der Waals surface area contributed by atoms with E-state index in [0.29, 0.717) is 17.4 Å². The number of carbonyl (C=O) groups excluding carboxylic acids is 1. The number of aliphatic hydroxyl groups excluding tert-OH is 1. The molecule has 6 nitrogen and oxygen atoms in total. The number of hydrogen-bond acceptors (Lipinski definition) is 6. The van der Waals surface area contributed by atoms with Gasteiger partial charge in [-0.05, 0) is 25.0 Å². The quantitative estimate of drug-likeness (QED) is 0.844. The van der Waals surface area contributed by atoms with E-state index in [2.05, 4.69) is 15.3 Å². The number of nitrogens with one attached hydrogen (secondary N) is 1. The van der Waals surface area contributed by atoms with Crippen molar-refractivity contribution in [3.05, 3.63) is 30.3 Å². The van der Waals surface area contributed by atoms with Gasteiger partial charge in [0, 0.05) is 18.7 Å². The van der Waals surface area contributed by atoms with Crippen LogP contribution in [0.2, 0.25) is 0 Å². The lowest BCUT2D eigenvalue weighted by Crippen LogP contribution is -2.36. The van der Waals surface area contributed by atoms with Crippen LogP contribution in [0.4, 0.5) is 5.82 Å². The number of hydrogen-bond donors (Lipinski definition) is 2. The highest BCUT2D eigenvalue weighted by Gasteiger charge is 2.23. The molecule has 2 aromatic rings. The zero-order valence-electron chi connectivity index (χ0n) is 12.5. The highest BCUT2D eigenvalue weighted by Crippen LogP contribution is 2.24. The van der Waals surface area contributed by atoms with Crippen molar-refractivity contribution in [2.24, 2.45) is 0 Å². The number of ketones is 1. The molecule has 0 unspecified atom stereocenters. The first-order valence-corrected chi connectivity index (χ1v) is 7.51. The van der Waals surface area contributed by atoms with Gasteiger partial charge in [0.15, 0.2) is 5.78 Å². The number of aromatic nitrogens is 2. The summed E-state index contributed by atoms with van der Waals surface area (Å²) < 4.78 is 5.34. The van der Waals surface area contributed by atoms with E-state index >= 15 is 0 Å². The van der Waals surface area contributed by atoms with E-state index in [1.54, 1.807) is 12.3 Å². The van der Waals surface area contributed by atoms with Crippen molar-refractivity contribution in [1.82, 2.24) is 9.97 Å². The minimum absolute atomic E-state index is 0.0221. The van der Waals surface area contributed by atoms with Gasteiger partial charge < -0.3 is 14.8 Å². The molecule has 2 atom stereocenters. The van der Waals surface area contributed by atoms with Crippen LogP contribution in [0.3, 0.4) is 0 Å². The standard InChI is InChI=1S/C16H19N3O3/c1-10(20)13-9-22-16(19-13)11-6-7-17-15(8-11)18-12-4-2-3-5-14(12)21/h6-9,12,14,21H,2-5H2,1H3,(H,17,18)/t12-,14-/m0/s1. The highest BCUT2D eigenvalue weighted by atomic mass is 16.3. The third kappa shape index (κ3) is 3.17. The lowest BCUT2D eigenvalue weighted by atomic mass is 9.92. The summed E-state index contributed by atoms with van der Waals surface area (Å²) in [6.07, 6.45) is 6.60. The van der Waals surface area contributed by atoms with E-state index in [9.17, 15) is 9.90 Å². The predicted molar refractivity (Wildman–Crippen MR) is 81.6 cm³/mol. The molecule has 1 saturated carbocycles. The molecule has 0 aliphatic heterocycles. The Kier molecular flexibility index (Phi) is 4.20. The zero-order chi connectivity index (χ0) is 15.5. The van der Waals surface area contributed by atoms with Crippen molar-refractivity contribution in [3.8, 4) is 11.5 Å². The molecule has 6 heteroatoms. The van der Waals surface area contributed by atoms with E-state index < -0.39 is 0 Å². The van der Waals surface area contributed by atoms with Crippen LogP contribution in [0.25, 0.3) is 11.5 Å². The van der Waals surface area contributed by atoms with Gasteiger partial charge in [-0.15, -0.1) is 0 Å². The molecule has 2 heterocycles. The largest absolute Gasteiger partial charge is 0.444 e. The van der Waals surface area contributed by atoms with Crippen LogP contribution in [0.5, 0.6) is 0 Å². The fraction of sp³-hybridized carbons (Fsp3) is 0.438. The Hall–Kier alpha value is -2.21. The lowest BCUT2D eigenvalue weighted by Gasteiger charge is -2.28. The molecule has 0 saturated heterocycles. The van der Waals surface area contributed by atoms with Gasteiger partial charge in [0.2, 0.25) is 5.89 Å². The lowest BCUT2D eigenvalue weighted by molar-refractivity contribution is 0.101. The Morgan fingerprint density at radius 2 is 2.23 bits per heavy atom. The molecule has 2 N–H and O–H groups in total. The summed E-state index contributed by atoms with van der Waals surface area (Å²) in [5.74, 6) is 0.929. The van der Waals surface area contributed by atoms with Gasteiger partial charge >= 0.3 is 0 Å². The first kappa shape index (κ1) is 14.7. The molecule has 22 heavy (non-hydrogen) atoms. The van der Waals surface area contributed by atoms with E-state index in [1.807, 2.05) is 6.07 Å². The molecule has 1 aliphatic rings. The average Bonchev–Trinajstić information content (AvgIpc) is 3.00. The molecule has 0 spiro atoms. The molecule has 1 aliphatic carbocycles. The highest BCUT2D eigenvalue weighted by molar-refractivity contribution is 5.92. The molecule has 0 bridgehead atoms. The van der Waals surface area contributed by atoms with Crippen LogP contribution in [0, 0.1) is 0 Å². The Bertz CT molecular complexity index is 668. The first-order valence-electron chi connectivity index (χ1n) is 7.51. The topological polar surface area (TPSA) is 88.2 Å². The van der Waals surface area contributed by atoms with E-state index in [4.69, 9.17) is 4.42 Å². The second kappa shape index (κ2) is 6.27. The van der Waals surface area contributed by atoms with Crippen LogP contribution in [0.15, 0.2) is 29.0 Å². The van der Waals surface area contributed by atoms with E-state index in [0.717, 1.165) is 31.2 Å². The second-order valence-corrected chi connectivity index (χ2v) is 5.63. The summed E-state index contributed by atoms with van der Waals surface area (Å²) >= 11 is 0. The van der Waals surface area contributed by atoms with Gasteiger partial charge in [-0.2, -0.15) is 0 Å².